The molecule has 134 valence electrons. The van der Waals surface area contributed by atoms with Crippen molar-refractivity contribution in [3.63, 3.8) is 0 Å². The molecule has 2 aliphatic heterocycles. The molecule has 9 nitrogen and oxygen atoms in total. The Balaban J connectivity index is 1.69. The lowest BCUT2D eigenvalue weighted by Gasteiger charge is -2.27. The van der Waals surface area contributed by atoms with Crippen molar-refractivity contribution in [1.82, 2.24) is 14.5 Å². The van der Waals surface area contributed by atoms with E-state index >= 15 is 0 Å². The van der Waals surface area contributed by atoms with Crippen LogP contribution in [-0.2, 0) is 14.2 Å². The van der Waals surface area contributed by atoms with Gasteiger partial charge in [-0.3, -0.25) is 19.2 Å². The Labute approximate surface area is 138 Å². The number of hydrogen-bond acceptors (Lipinski definition) is 7. The summed E-state index contributed by atoms with van der Waals surface area (Å²) in [5.74, 6) is 0. The van der Waals surface area contributed by atoms with Gasteiger partial charge in [-0.2, -0.15) is 0 Å². The van der Waals surface area contributed by atoms with Gasteiger partial charge in [0, 0.05) is 39.0 Å². The first kappa shape index (κ1) is 17.3. The topological polar surface area (TPSA) is 106 Å². The fourth-order valence-corrected chi connectivity index (χ4v) is 3.20. The maximum absolute atomic E-state index is 12.0. The van der Waals surface area contributed by atoms with Gasteiger partial charge in [-0.25, -0.2) is 4.79 Å². The average Bonchev–Trinajstić information content (AvgIpc) is 2.89. The van der Waals surface area contributed by atoms with Crippen LogP contribution in [0.25, 0.3) is 0 Å². The van der Waals surface area contributed by atoms with Crippen LogP contribution >= 0.6 is 0 Å². The minimum Gasteiger partial charge on any atom is -0.388 e. The first-order valence-corrected chi connectivity index (χ1v) is 8.08. The first-order valence-electron chi connectivity index (χ1n) is 8.08. The fourth-order valence-electron chi connectivity index (χ4n) is 3.20. The fraction of sp³-hybridized carbons (Fsp3) is 0.733. The van der Waals surface area contributed by atoms with E-state index in [-0.39, 0.29) is 0 Å². The predicted octanol–water partition coefficient (Wildman–Crippen LogP) is -1.47. The maximum Gasteiger partial charge on any atom is 0.330 e. The van der Waals surface area contributed by atoms with Crippen LogP contribution in [0.3, 0.4) is 0 Å². The number of nitrogens with one attached hydrogen (secondary N) is 1. The third kappa shape index (κ3) is 3.60. The standard InChI is InChI=1S/C15H23N3O6/c1-22-13-12(20)10(2-4-17-6-8-23-9-7-17)24-14(13)18-5-3-11(19)16-15(18)21/h3,5,10,12-14,20H,2,4,6-9H2,1H3,(H,16,19,21)/t10-,12?,13?,14-/m1/s1. The number of aliphatic hydroxyl groups excluding tert-OH is 1. The van der Waals surface area contributed by atoms with Crippen molar-refractivity contribution < 1.29 is 19.3 Å². The summed E-state index contributed by atoms with van der Waals surface area (Å²) in [7, 11) is 1.46. The number of aromatic nitrogens is 2. The van der Waals surface area contributed by atoms with E-state index in [1.165, 1.54) is 23.9 Å². The summed E-state index contributed by atoms with van der Waals surface area (Å²) in [5.41, 5.74) is -1.07. The molecule has 24 heavy (non-hydrogen) atoms. The molecule has 0 bridgehead atoms. The number of rotatable bonds is 5. The van der Waals surface area contributed by atoms with Crippen LogP contribution in [0.5, 0.6) is 0 Å². The number of methoxy groups -OCH3 is 1. The monoisotopic (exact) mass is 341 g/mol. The summed E-state index contributed by atoms with van der Waals surface area (Å²) in [4.78, 5) is 27.6. The summed E-state index contributed by atoms with van der Waals surface area (Å²) in [6.07, 6.45) is -0.765. The molecule has 3 rings (SSSR count). The van der Waals surface area contributed by atoms with E-state index in [9.17, 15) is 14.7 Å². The number of morpholine rings is 1. The van der Waals surface area contributed by atoms with Gasteiger partial charge in [0.15, 0.2) is 6.23 Å². The molecule has 3 heterocycles. The molecule has 0 spiro atoms. The van der Waals surface area contributed by atoms with Gasteiger partial charge in [0.2, 0.25) is 0 Å². The lowest BCUT2D eigenvalue weighted by molar-refractivity contribution is -0.0570. The number of nitrogens with zero attached hydrogens (tertiary/aromatic N) is 2. The van der Waals surface area contributed by atoms with Crippen molar-refractivity contribution in [2.75, 3.05) is 40.0 Å². The molecular weight excluding hydrogens is 318 g/mol. The molecule has 2 unspecified atom stereocenters. The van der Waals surface area contributed by atoms with Gasteiger partial charge in [-0.15, -0.1) is 0 Å². The number of ether oxygens (including phenoxy) is 3. The van der Waals surface area contributed by atoms with Gasteiger partial charge in [0.25, 0.3) is 5.56 Å². The quantitative estimate of drug-likeness (QED) is 0.674. The van der Waals surface area contributed by atoms with Crippen LogP contribution in [0.15, 0.2) is 21.9 Å². The third-order valence-electron chi connectivity index (χ3n) is 4.54. The molecule has 0 aromatic carbocycles. The highest BCUT2D eigenvalue weighted by atomic mass is 16.6. The minimum absolute atomic E-state index is 0.443. The molecule has 1 aromatic heterocycles. The highest BCUT2D eigenvalue weighted by molar-refractivity contribution is 4.94. The zero-order valence-corrected chi connectivity index (χ0v) is 13.6. The lowest BCUT2D eigenvalue weighted by atomic mass is 10.1. The van der Waals surface area contributed by atoms with Crippen molar-refractivity contribution in [1.29, 1.82) is 0 Å². The van der Waals surface area contributed by atoms with E-state index in [1.54, 1.807) is 0 Å². The molecular formula is C15H23N3O6. The highest BCUT2D eigenvalue weighted by Gasteiger charge is 2.45. The van der Waals surface area contributed by atoms with E-state index in [0.29, 0.717) is 19.6 Å². The number of H-pyrrole nitrogens is 1. The highest BCUT2D eigenvalue weighted by Crippen LogP contribution is 2.32. The SMILES string of the molecule is COC1C(O)[C@@H](CCN2CCOCC2)O[C@H]1n1ccc(=O)[nH]c1=O. The Morgan fingerprint density at radius 1 is 1.38 bits per heavy atom. The van der Waals surface area contributed by atoms with E-state index in [0.717, 1.165) is 19.6 Å². The van der Waals surface area contributed by atoms with Crippen molar-refractivity contribution in [2.45, 2.75) is 31.0 Å². The van der Waals surface area contributed by atoms with Crippen molar-refractivity contribution >= 4 is 0 Å². The molecule has 4 atom stereocenters. The zero-order chi connectivity index (χ0) is 17.1. The van der Waals surface area contributed by atoms with E-state index in [4.69, 9.17) is 14.2 Å². The largest absolute Gasteiger partial charge is 0.388 e. The maximum atomic E-state index is 12.0. The van der Waals surface area contributed by atoms with Gasteiger partial charge in [0.05, 0.1) is 19.3 Å². The molecule has 2 N–H and O–H groups in total. The van der Waals surface area contributed by atoms with Gasteiger partial charge < -0.3 is 19.3 Å². The molecule has 0 amide bonds. The van der Waals surface area contributed by atoms with Crippen LogP contribution in [0, 0.1) is 0 Å². The van der Waals surface area contributed by atoms with Crippen LogP contribution in [0.2, 0.25) is 0 Å². The summed E-state index contributed by atoms with van der Waals surface area (Å²) < 4.78 is 17.8. The summed E-state index contributed by atoms with van der Waals surface area (Å²) in [5, 5.41) is 10.5. The van der Waals surface area contributed by atoms with E-state index < -0.39 is 35.8 Å². The smallest absolute Gasteiger partial charge is 0.330 e. The van der Waals surface area contributed by atoms with Crippen LogP contribution in [0.4, 0.5) is 0 Å². The molecule has 0 saturated carbocycles. The minimum atomic E-state index is -0.847. The second-order valence-electron chi connectivity index (χ2n) is 6.02. The van der Waals surface area contributed by atoms with Gasteiger partial charge in [0.1, 0.15) is 12.2 Å². The molecule has 1 aromatic rings. The Morgan fingerprint density at radius 2 is 2.12 bits per heavy atom. The van der Waals surface area contributed by atoms with Crippen molar-refractivity contribution in [3.8, 4) is 0 Å². The first-order chi connectivity index (χ1) is 11.6. The van der Waals surface area contributed by atoms with Crippen LogP contribution in [-0.4, -0.2) is 77.8 Å². The Hall–Kier alpha value is -1.52. The summed E-state index contributed by atoms with van der Waals surface area (Å²) >= 11 is 0. The molecule has 2 aliphatic rings. The Kier molecular flexibility index (Phi) is 5.47. The van der Waals surface area contributed by atoms with Crippen LogP contribution < -0.4 is 11.2 Å². The van der Waals surface area contributed by atoms with Crippen molar-refractivity contribution in [2.24, 2.45) is 0 Å². The second-order valence-corrected chi connectivity index (χ2v) is 6.02. The number of hydrogen-bond donors (Lipinski definition) is 2. The number of aromatic amines is 1. The zero-order valence-electron chi connectivity index (χ0n) is 13.6. The van der Waals surface area contributed by atoms with E-state index in [2.05, 4.69) is 9.88 Å². The molecule has 0 aliphatic carbocycles. The molecule has 9 heteroatoms. The van der Waals surface area contributed by atoms with Crippen molar-refractivity contribution in [3.05, 3.63) is 33.1 Å². The van der Waals surface area contributed by atoms with Crippen LogP contribution in [0.1, 0.15) is 12.6 Å². The molecule has 0 radical (unpaired) electrons. The second kappa shape index (κ2) is 7.58. The Bertz CT molecular complexity index is 653. The number of aliphatic hydroxyl groups is 1. The van der Waals surface area contributed by atoms with Gasteiger partial charge >= 0.3 is 5.69 Å². The van der Waals surface area contributed by atoms with E-state index in [1.807, 2.05) is 0 Å². The average molecular weight is 341 g/mol. The molecule has 2 saturated heterocycles. The predicted molar refractivity (Wildman–Crippen MR) is 83.9 cm³/mol. The Morgan fingerprint density at radius 3 is 2.79 bits per heavy atom. The van der Waals surface area contributed by atoms with Gasteiger partial charge in [-0.05, 0) is 6.42 Å². The normalized spacial score (nSPS) is 31.4. The van der Waals surface area contributed by atoms with Gasteiger partial charge in [-0.1, -0.05) is 0 Å². The summed E-state index contributed by atoms with van der Waals surface area (Å²) in [6.45, 7) is 3.92. The third-order valence-corrected chi connectivity index (χ3v) is 4.54. The lowest BCUT2D eigenvalue weighted by Crippen LogP contribution is -2.40. The summed E-state index contributed by atoms with van der Waals surface area (Å²) in [6, 6.07) is 1.24. The molecule has 2 fully saturated rings.